The average Bonchev–Trinajstić information content (AvgIpc) is 2.86. The van der Waals surface area contributed by atoms with Crippen LogP contribution in [-0.2, 0) is 0 Å². The Balaban J connectivity index is 1.77. The van der Waals surface area contributed by atoms with E-state index in [0.717, 1.165) is 25.7 Å². The third-order valence-corrected chi connectivity index (χ3v) is 8.54. The lowest BCUT2D eigenvalue weighted by Crippen LogP contribution is -2.58. The van der Waals surface area contributed by atoms with E-state index in [2.05, 4.69) is 19.8 Å². The van der Waals surface area contributed by atoms with Crippen LogP contribution in [0.1, 0.15) is 52.4 Å². The Kier molecular flexibility index (Phi) is 3.72. The summed E-state index contributed by atoms with van der Waals surface area (Å²) in [7, 11) is 0. The molecular formula is C21H29FO3. The van der Waals surface area contributed by atoms with Gasteiger partial charge in [0.2, 0.25) is 0 Å². The zero-order valence-electron chi connectivity index (χ0n) is 15.1. The summed E-state index contributed by atoms with van der Waals surface area (Å²) < 4.78 is 14.7. The SMILES string of the molecule is C#C[C@]1(O)CC[C@H]2[C@@H]3[C@H](O)C=C4[C@H](F)[C@H](O)CC[C@]4(C)[C@H]3CC[C@@]21C. The van der Waals surface area contributed by atoms with Gasteiger partial charge in [0.15, 0.2) is 0 Å². The molecule has 0 aliphatic heterocycles. The van der Waals surface area contributed by atoms with Crippen molar-refractivity contribution in [3.05, 3.63) is 11.6 Å². The van der Waals surface area contributed by atoms with Crippen LogP contribution in [0.3, 0.4) is 0 Å². The molecule has 0 bridgehead atoms. The monoisotopic (exact) mass is 348 g/mol. The topological polar surface area (TPSA) is 60.7 Å². The number of hydrogen-bond donors (Lipinski definition) is 3. The molecular weight excluding hydrogens is 319 g/mol. The van der Waals surface area contributed by atoms with Gasteiger partial charge in [-0.1, -0.05) is 25.8 Å². The molecule has 4 aliphatic rings. The highest BCUT2D eigenvalue weighted by Crippen LogP contribution is 2.67. The molecule has 0 amide bonds. The van der Waals surface area contributed by atoms with E-state index in [1.54, 1.807) is 6.08 Å². The summed E-state index contributed by atoms with van der Waals surface area (Å²) in [5.74, 6) is 2.95. The van der Waals surface area contributed by atoms with Gasteiger partial charge in [-0.2, -0.15) is 0 Å². The van der Waals surface area contributed by atoms with E-state index < -0.39 is 29.4 Å². The summed E-state index contributed by atoms with van der Waals surface area (Å²) in [4.78, 5) is 0. The minimum absolute atomic E-state index is 0.00248. The zero-order valence-corrected chi connectivity index (χ0v) is 15.1. The maximum Gasteiger partial charge on any atom is 0.148 e. The number of hydrogen-bond acceptors (Lipinski definition) is 3. The van der Waals surface area contributed by atoms with E-state index in [0.29, 0.717) is 18.4 Å². The normalized spacial score (nSPS) is 57.7. The molecule has 3 N–H and O–H groups in total. The second-order valence-corrected chi connectivity index (χ2v) is 9.33. The van der Waals surface area contributed by atoms with Gasteiger partial charge in [0.05, 0.1) is 12.2 Å². The molecule has 138 valence electrons. The van der Waals surface area contributed by atoms with Crippen molar-refractivity contribution in [3.63, 3.8) is 0 Å². The van der Waals surface area contributed by atoms with Crippen LogP contribution in [0.2, 0.25) is 0 Å². The Bertz CT molecular complexity index is 654. The minimum Gasteiger partial charge on any atom is -0.390 e. The summed E-state index contributed by atoms with van der Waals surface area (Å²) in [6.07, 6.45) is 8.48. The molecule has 0 spiro atoms. The first-order chi connectivity index (χ1) is 11.7. The standard InChI is InChI=1S/C21H29FO3/c1-4-21(25)10-6-13-17-12(5-9-20(13,21)3)19(2)8-7-15(23)18(22)14(19)11-16(17)24/h1,11-13,15-18,23-25H,5-10H2,2-3H3/t12-,13-,15+,16+,17+,18-,19+,20-,21-/m0/s1. The highest BCUT2D eigenvalue weighted by Gasteiger charge is 2.65. The lowest BCUT2D eigenvalue weighted by molar-refractivity contribution is -0.127. The Morgan fingerprint density at radius 1 is 1.12 bits per heavy atom. The molecule has 3 nitrogen and oxygen atoms in total. The molecule has 3 fully saturated rings. The first-order valence-electron chi connectivity index (χ1n) is 9.60. The van der Waals surface area contributed by atoms with Crippen LogP contribution in [0, 0.1) is 40.9 Å². The highest BCUT2D eigenvalue weighted by molar-refractivity contribution is 5.33. The van der Waals surface area contributed by atoms with Crippen molar-refractivity contribution < 1.29 is 19.7 Å². The molecule has 0 unspecified atom stereocenters. The summed E-state index contributed by atoms with van der Waals surface area (Å²) >= 11 is 0. The van der Waals surface area contributed by atoms with Gasteiger partial charge in [-0.05, 0) is 67.3 Å². The molecule has 0 radical (unpaired) electrons. The number of aliphatic hydroxyl groups is 3. The van der Waals surface area contributed by atoms with Crippen LogP contribution >= 0.6 is 0 Å². The Hall–Kier alpha value is -0.890. The van der Waals surface area contributed by atoms with Crippen molar-refractivity contribution in [2.24, 2.45) is 28.6 Å². The number of alkyl halides is 1. The van der Waals surface area contributed by atoms with Gasteiger partial charge in [0.1, 0.15) is 11.8 Å². The first kappa shape index (κ1) is 17.5. The lowest BCUT2D eigenvalue weighted by Gasteiger charge is -2.59. The van der Waals surface area contributed by atoms with Gasteiger partial charge in [0, 0.05) is 5.41 Å². The van der Waals surface area contributed by atoms with Gasteiger partial charge in [0.25, 0.3) is 0 Å². The van der Waals surface area contributed by atoms with E-state index in [-0.39, 0.29) is 23.2 Å². The van der Waals surface area contributed by atoms with Crippen LogP contribution in [0.4, 0.5) is 4.39 Å². The van der Waals surface area contributed by atoms with Gasteiger partial charge in [-0.15, -0.1) is 6.42 Å². The summed E-state index contributed by atoms with van der Waals surface area (Å²) in [6.45, 7) is 4.17. The molecule has 0 aromatic heterocycles. The van der Waals surface area contributed by atoms with E-state index in [4.69, 9.17) is 6.42 Å². The van der Waals surface area contributed by atoms with Crippen molar-refractivity contribution in [2.45, 2.75) is 76.4 Å². The van der Waals surface area contributed by atoms with Crippen molar-refractivity contribution >= 4 is 0 Å². The molecule has 4 rings (SSSR count). The van der Waals surface area contributed by atoms with Crippen LogP contribution in [0.25, 0.3) is 0 Å². The van der Waals surface area contributed by atoms with Crippen LogP contribution in [0.5, 0.6) is 0 Å². The third kappa shape index (κ3) is 2.04. The fourth-order valence-corrected chi connectivity index (χ4v) is 6.91. The number of fused-ring (bicyclic) bond motifs is 5. The molecule has 9 atom stereocenters. The fraction of sp³-hybridized carbons (Fsp3) is 0.810. The predicted octanol–water partition coefficient (Wildman–Crippen LogP) is 2.59. The highest BCUT2D eigenvalue weighted by atomic mass is 19.1. The molecule has 0 saturated heterocycles. The Labute approximate surface area is 149 Å². The summed E-state index contributed by atoms with van der Waals surface area (Å²) in [5, 5.41) is 31.8. The fourth-order valence-electron chi connectivity index (χ4n) is 6.91. The maximum atomic E-state index is 14.7. The van der Waals surface area contributed by atoms with Crippen molar-refractivity contribution in [3.8, 4) is 12.3 Å². The maximum absolute atomic E-state index is 14.7. The first-order valence-corrected chi connectivity index (χ1v) is 9.60. The molecule has 3 saturated carbocycles. The smallest absolute Gasteiger partial charge is 0.148 e. The predicted molar refractivity (Wildman–Crippen MR) is 93.2 cm³/mol. The number of rotatable bonds is 0. The Morgan fingerprint density at radius 2 is 1.80 bits per heavy atom. The Morgan fingerprint density at radius 3 is 2.48 bits per heavy atom. The van der Waals surface area contributed by atoms with Gasteiger partial charge >= 0.3 is 0 Å². The molecule has 0 aromatic rings. The van der Waals surface area contributed by atoms with Gasteiger partial charge in [-0.25, -0.2) is 4.39 Å². The second kappa shape index (κ2) is 5.31. The molecule has 0 aromatic carbocycles. The van der Waals surface area contributed by atoms with Crippen LogP contribution < -0.4 is 0 Å². The van der Waals surface area contributed by atoms with Gasteiger partial charge in [-0.3, -0.25) is 0 Å². The van der Waals surface area contributed by atoms with Crippen molar-refractivity contribution in [2.75, 3.05) is 0 Å². The summed E-state index contributed by atoms with van der Waals surface area (Å²) in [5.41, 5.74) is -1.23. The van der Waals surface area contributed by atoms with Crippen LogP contribution in [0.15, 0.2) is 11.6 Å². The molecule has 4 heteroatoms. The number of halogens is 1. The van der Waals surface area contributed by atoms with Crippen LogP contribution in [-0.4, -0.2) is 39.3 Å². The van der Waals surface area contributed by atoms with E-state index in [9.17, 15) is 19.7 Å². The molecule has 0 heterocycles. The minimum atomic E-state index is -1.38. The second-order valence-electron chi connectivity index (χ2n) is 9.33. The largest absolute Gasteiger partial charge is 0.390 e. The van der Waals surface area contributed by atoms with Crippen molar-refractivity contribution in [1.82, 2.24) is 0 Å². The zero-order chi connectivity index (χ0) is 18.2. The molecule has 4 aliphatic carbocycles. The average molecular weight is 348 g/mol. The summed E-state index contributed by atoms with van der Waals surface area (Å²) in [6, 6.07) is 0. The number of terminal acetylenes is 1. The van der Waals surface area contributed by atoms with E-state index in [1.807, 2.05) is 0 Å². The third-order valence-electron chi connectivity index (χ3n) is 8.54. The van der Waals surface area contributed by atoms with Gasteiger partial charge < -0.3 is 15.3 Å². The number of aliphatic hydroxyl groups excluding tert-OH is 2. The van der Waals surface area contributed by atoms with E-state index >= 15 is 0 Å². The quantitative estimate of drug-likeness (QED) is 0.466. The molecule has 25 heavy (non-hydrogen) atoms. The van der Waals surface area contributed by atoms with Crippen molar-refractivity contribution in [1.29, 1.82) is 0 Å². The van der Waals surface area contributed by atoms with E-state index in [1.165, 1.54) is 0 Å². The lowest BCUT2D eigenvalue weighted by atomic mass is 9.46.